The summed E-state index contributed by atoms with van der Waals surface area (Å²) in [6.45, 7) is 3.78. The largest absolute Gasteiger partial charge is 0.343 e. The van der Waals surface area contributed by atoms with Crippen LogP contribution in [-0.2, 0) is 4.79 Å². The summed E-state index contributed by atoms with van der Waals surface area (Å²) in [4.78, 5) is 18.9. The normalized spacial score (nSPS) is 15.3. The predicted molar refractivity (Wildman–Crippen MR) is 109 cm³/mol. The first-order valence-electron chi connectivity index (χ1n) is 10.0. The summed E-state index contributed by atoms with van der Waals surface area (Å²) < 4.78 is 6.54. The quantitative estimate of drug-likeness (QED) is 0.510. The van der Waals surface area contributed by atoms with E-state index >= 15 is 0 Å². The number of unbranched alkanes of at least 4 members (excludes halogenated alkanes) is 4. The molecule has 146 valence electrons. The van der Waals surface area contributed by atoms with Crippen molar-refractivity contribution in [2.45, 2.75) is 64.2 Å². The SMILES string of the molecule is CCCCCCCC(=O)N1CCC(c2nc(-c3ccc(Br)cc3)no2)CC1. The monoisotopic (exact) mass is 433 g/mol. The van der Waals surface area contributed by atoms with Crippen LogP contribution in [0.25, 0.3) is 11.4 Å². The zero-order valence-corrected chi connectivity index (χ0v) is 17.6. The lowest BCUT2D eigenvalue weighted by atomic mass is 9.96. The van der Waals surface area contributed by atoms with Gasteiger partial charge in [0.2, 0.25) is 17.6 Å². The van der Waals surface area contributed by atoms with E-state index < -0.39 is 0 Å². The van der Waals surface area contributed by atoms with Gasteiger partial charge in [0.05, 0.1) is 0 Å². The Hall–Kier alpha value is -1.69. The van der Waals surface area contributed by atoms with Crippen molar-refractivity contribution in [1.29, 1.82) is 0 Å². The number of piperidine rings is 1. The number of amides is 1. The second-order valence-electron chi connectivity index (χ2n) is 7.28. The zero-order chi connectivity index (χ0) is 19.1. The minimum Gasteiger partial charge on any atom is -0.343 e. The average molecular weight is 434 g/mol. The van der Waals surface area contributed by atoms with Crippen LogP contribution in [0, 0.1) is 0 Å². The molecule has 1 amide bonds. The molecule has 1 saturated heterocycles. The third kappa shape index (κ3) is 5.64. The molecular formula is C21H28BrN3O2. The molecule has 2 heterocycles. The van der Waals surface area contributed by atoms with E-state index in [0.29, 0.717) is 24.0 Å². The number of likely N-dealkylation sites (tertiary alicyclic amines) is 1. The highest BCUT2D eigenvalue weighted by molar-refractivity contribution is 9.10. The zero-order valence-electron chi connectivity index (χ0n) is 16.0. The van der Waals surface area contributed by atoms with Crippen molar-refractivity contribution >= 4 is 21.8 Å². The lowest BCUT2D eigenvalue weighted by molar-refractivity contribution is -0.132. The molecule has 0 aliphatic carbocycles. The van der Waals surface area contributed by atoms with Crippen LogP contribution in [0.2, 0.25) is 0 Å². The molecule has 5 nitrogen and oxygen atoms in total. The van der Waals surface area contributed by atoms with Crippen LogP contribution in [-0.4, -0.2) is 34.0 Å². The molecule has 0 bridgehead atoms. The third-order valence-electron chi connectivity index (χ3n) is 5.24. The molecule has 0 N–H and O–H groups in total. The standard InChI is InChI=1S/C21H28BrN3O2/c1-2-3-4-5-6-7-19(26)25-14-12-17(13-15-25)21-23-20(24-27-21)16-8-10-18(22)11-9-16/h8-11,17H,2-7,12-15H2,1H3. The van der Waals surface area contributed by atoms with Crippen LogP contribution in [0.3, 0.4) is 0 Å². The molecule has 0 radical (unpaired) electrons. The summed E-state index contributed by atoms with van der Waals surface area (Å²) in [6, 6.07) is 7.89. The summed E-state index contributed by atoms with van der Waals surface area (Å²) in [5.74, 6) is 1.86. The molecule has 0 spiro atoms. The maximum atomic E-state index is 12.4. The Balaban J connectivity index is 1.46. The molecule has 3 rings (SSSR count). The van der Waals surface area contributed by atoms with Gasteiger partial charge in [-0.15, -0.1) is 0 Å². The van der Waals surface area contributed by atoms with Gasteiger partial charge in [-0.2, -0.15) is 4.98 Å². The van der Waals surface area contributed by atoms with E-state index in [1.807, 2.05) is 29.2 Å². The van der Waals surface area contributed by atoms with Gasteiger partial charge >= 0.3 is 0 Å². The molecule has 2 aromatic rings. The van der Waals surface area contributed by atoms with Crippen molar-refractivity contribution in [3.63, 3.8) is 0 Å². The van der Waals surface area contributed by atoms with Crippen LogP contribution >= 0.6 is 15.9 Å². The Kier molecular flexibility index (Phi) is 7.44. The number of halogens is 1. The first-order chi connectivity index (χ1) is 13.2. The number of rotatable bonds is 8. The fourth-order valence-corrected chi connectivity index (χ4v) is 3.80. The first-order valence-corrected chi connectivity index (χ1v) is 10.8. The van der Waals surface area contributed by atoms with Crippen molar-refractivity contribution in [3.05, 3.63) is 34.6 Å². The van der Waals surface area contributed by atoms with Crippen molar-refractivity contribution in [2.75, 3.05) is 13.1 Å². The summed E-state index contributed by atoms with van der Waals surface area (Å²) >= 11 is 3.43. The summed E-state index contributed by atoms with van der Waals surface area (Å²) in [6.07, 6.45) is 8.39. The van der Waals surface area contributed by atoms with Crippen molar-refractivity contribution < 1.29 is 9.32 Å². The molecule has 0 unspecified atom stereocenters. The van der Waals surface area contributed by atoms with E-state index in [-0.39, 0.29) is 5.92 Å². The van der Waals surface area contributed by atoms with Gasteiger partial charge in [-0.05, 0) is 43.5 Å². The average Bonchev–Trinajstić information content (AvgIpc) is 3.18. The van der Waals surface area contributed by atoms with Crippen LogP contribution < -0.4 is 0 Å². The lowest BCUT2D eigenvalue weighted by Gasteiger charge is -2.30. The lowest BCUT2D eigenvalue weighted by Crippen LogP contribution is -2.37. The van der Waals surface area contributed by atoms with Gasteiger partial charge in [-0.25, -0.2) is 0 Å². The molecular weight excluding hydrogens is 406 g/mol. The summed E-state index contributed by atoms with van der Waals surface area (Å²) in [5, 5.41) is 4.13. The van der Waals surface area contributed by atoms with Crippen molar-refractivity contribution in [2.24, 2.45) is 0 Å². The fraction of sp³-hybridized carbons (Fsp3) is 0.571. The minimum atomic E-state index is 0.246. The smallest absolute Gasteiger partial charge is 0.230 e. The van der Waals surface area contributed by atoms with Gasteiger partial charge in [0.25, 0.3) is 0 Å². The maximum absolute atomic E-state index is 12.4. The minimum absolute atomic E-state index is 0.246. The van der Waals surface area contributed by atoms with E-state index in [9.17, 15) is 4.79 Å². The predicted octanol–water partition coefficient (Wildman–Crippen LogP) is 5.57. The highest BCUT2D eigenvalue weighted by Gasteiger charge is 2.27. The molecule has 1 aromatic heterocycles. The summed E-state index contributed by atoms with van der Waals surface area (Å²) in [5.41, 5.74) is 0.948. The Morgan fingerprint density at radius 3 is 2.56 bits per heavy atom. The molecule has 0 atom stereocenters. The number of benzene rings is 1. The van der Waals surface area contributed by atoms with E-state index in [0.717, 1.165) is 48.8 Å². The number of carbonyl (C=O) groups excluding carboxylic acids is 1. The molecule has 1 aliphatic heterocycles. The Morgan fingerprint density at radius 1 is 1.15 bits per heavy atom. The highest BCUT2D eigenvalue weighted by Crippen LogP contribution is 2.29. The van der Waals surface area contributed by atoms with E-state index in [1.54, 1.807) is 0 Å². The maximum Gasteiger partial charge on any atom is 0.230 e. The molecule has 0 saturated carbocycles. The third-order valence-corrected chi connectivity index (χ3v) is 5.76. The molecule has 27 heavy (non-hydrogen) atoms. The van der Waals surface area contributed by atoms with E-state index in [1.165, 1.54) is 19.3 Å². The van der Waals surface area contributed by atoms with Gasteiger partial charge < -0.3 is 9.42 Å². The molecule has 1 aromatic carbocycles. The number of nitrogens with zero attached hydrogens (tertiary/aromatic N) is 3. The number of aromatic nitrogens is 2. The van der Waals surface area contributed by atoms with E-state index in [4.69, 9.17) is 4.52 Å². The molecule has 1 fully saturated rings. The second kappa shape index (κ2) is 10.0. The van der Waals surface area contributed by atoms with E-state index in [2.05, 4.69) is 33.0 Å². The van der Waals surface area contributed by atoms with Crippen molar-refractivity contribution in [3.8, 4) is 11.4 Å². The van der Waals surface area contributed by atoms with Crippen LogP contribution in [0.5, 0.6) is 0 Å². The fourth-order valence-electron chi connectivity index (χ4n) is 3.53. The van der Waals surface area contributed by atoms with Gasteiger partial charge in [0, 0.05) is 35.5 Å². The molecule has 1 aliphatic rings. The Labute approximate surface area is 169 Å². The van der Waals surface area contributed by atoms with Gasteiger partial charge in [-0.3, -0.25) is 4.79 Å². The highest BCUT2D eigenvalue weighted by atomic mass is 79.9. The van der Waals surface area contributed by atoms with Crippen LogP contribution in [0.15, 0.2) is 33.3 Å². The van der Waals surface area contributed by atoms with Crippen LogP contribution in [0.1, 0.15) is 70.1 Å². The Morgan fingerprint density at radius 2 is 1.85 bits per heavy atom. The van der Waals surface area contributed by atoms with Crippen LogP contribution in [0.4, 0.5) is 0 Å². The van der Waals surface area contributed by atoms with Gasteiger partial charge in [-0.1, -0.05) is 53.7 Å². The van der Waals surface area contributed by atoms with Gasteiger partial charge in [0.15, 0.2) is 0 Å². The first kappa shape index (κ1) is 20.1. The Bertz CT molecular complexity index is 721. The molecule has 6 heteroatoms. The second-order valence-corrected chi connectivity index (χ2v) is 8.20. The van der Waals surface area contributed by atoms with Crippen molar-refractivity contribution in [1.82, 2.24) is 15.0 Å². The van der Waals surface area contributed by atoms with Gasteiger partial charge in [0.1, 0.15) is 0 Å². The topological polar surface area (TPSA) is 59.2 Å². The summed E-state index contributed by atoms with van der Waals surface area (Å²) in [7, 11) is 0. The number of hydrogen-bond donors (Lipinski definition) is 0. The number of carbonyl (C=O) groups is 1. The number of hydrogen-bond acceptors (Lipinski definition) is 4.